The van der Waals surface area contributed by atoms with E-state index >= 15 is 0 Å². The Morgan fingerprint density at radius 1 is 0.919 bits per heavy atom. The fraction of sp³-hybridized carbons (Fsp3) is 0.483. The average molecular weight is 506 g/mol. The Morgan fingerprint density at radius 3 is 2.41 bits per heavy atom. The third-order valence-corrected chi connectivity index (χ3v) is 8.02. The highest BCUT2D eigenvalue weighted by atomic mass is 16.5. The van der Waals surface area contributed by atoms with Crippen LogP contribution < -0.4 is 14.4 Å². The number of likely N-dealkylation sites (tertiary alicyclic amines) is 2. The van der Waals surface area contributed by atoms with Crippen molar-refractivity contribution in [3.8, 4) is 11.5 Å². The number of benzene rings is 2. The minimum atomic E-state index is 0.0199. The summed E-state index contributed by atoms with van der Waals surface area (Å²) in [6.45, 7) is 2.69. The number of methoxy groups -OCH3 is 2. The second-order valence-corrected chi connectivity index (χ2v) is 10.1. The smallest absolute Gasteiger partial charge is 0.253 e. The van der Waals surface area contributed by atoms with Crippen molar-refractivity contribution in [2.45, 2.75) is 44.6 Å². The fourth-order valence-corrected chi connectivity index (χ4v) is 6.00. The number of ether oxygens (including phenoxy) is 2. The number of piperidine rings is 2. The van der Waals surface area contributed by atoms with Gasteiger partial charge in [0.2, 0.25) is 11.8 Å². The summed E-state index contributed by atoms with van der Waals surface area (Å²) < 4.78 is 10.8. The number of carbonyl (C=O) groups excluding carboxylic acids is 3. The molecule has 3 fully saturated rings. The summed E-state index contributed by atoms with van der Waals surface area (Å²) in [4.78, 5) is 43.9. The lowest BCUT2D eigenvalue weighted by Gasteiger charge is -2.47. The molecular formula is C29H35N3O5. The lowest BCUT2D eigenvalue weighted by molar-refractivity contribution is -0.140. The van der Waals surface area contributed by atoms with Crippen LogP contribution in [0.1, 0.15) is 48.0 Å². The van der Waals surface area contributed by atoms with Gasteiger partial charge < -0.3 is 24.2 Å². The molecule has 0 aliphatic carbocycles. The van der Waals surface area contributed by atoms with Gasteiger partial charge in [-0.3, -0.25) is 14.4 Å². The summed E-state index contributed by atoms with van der Waals surface area (Å²) >= 11 is 0. The van der Waals surface area contributed by atoms with Crippen LogP contribution in [0.2, 0.25) is 0 Å². The van der Waals surface area contributed by atoms with Crippen molar-refractivity contribution in [3.63, 3.8) is 0 Å². The van der Waals surface area contributed by atoms with Crippen LogP contribution in [0.3, 0.4) is 0 Å². The molecule has 3 heterocycles. The molecule has 8 nitrogen and oxygen atoms in total. The first-order valence-corrected chi connectivity index (χ1v) is 13.2. The zero-order valence-corrected chi connectivity index (χ0v) is 21.7. The van der Waals surface area contributed by atoms with Crippen molar-refractivity contribution in [1.29, 1.82) is 0 Å². The summed E-state index contributed by atoms with van der Waals surface area (Å²) in [5, 5.41) is 0. The van der Waals surface area contributed by atoms with E-state index in [0.29, 0.717) is 49.5 Å². The Labute approximate surface area is 218 Å². The van der Waals surface area contributed by atoms with Crippen LogP contribution in [-0.2, 0) is 16.0 Å². The predicted molar refractivity (Wildman–Crippen MR) is 140 cm³/mol. The van der Waals surface area contributed by atoms with Crippen LogP contribution in [0.25, 0.3) is 0 Å². The Morgan fingerprint density at radius 2 is 1.70 bits per heavy atom. The van der Waals surface area contributed by atoms with Gasteiger partial charge >= 0.3 is 0 Å². The van der Waals surface area contributed by atoms with E-state index in [-0.39, 0.29) is 29.7 Å². The highest BCUT2D eigenvalue weighted by molar-refractivity contribution is 5.97. The third-order valence-electron chi connectivity index (χ3n) is 8.02. The zero-order chi connectivity index (χ0) is 25.9. The van der Waals surface area contributed by atoms with Crippen LogP contribution in [0.4, 0.5) is 5.69 Å². The van der Waals surface area contributed by atoms with Gasteiger partial charge in [-0.2, -0.15) is 0 Å². The average Bonchev–Trinajstić information content (AvgIpc) is 3.37. The molecule has 8 heteroatoms. The second-order valence-electron chi connectivity index (χ2n) is 10.1. The maximum Gasteiger partial charge on any atom is 0.253 e. The molecule has 3 saturated heterocycles. The number of carbonyl (C=O) groups is 3. The number of amides is 3. The first-order chi connectivity index (χ1) is 18.0. The Bertz CT molecular complexity index is 1160. The van der Waals surface area contributed by atoms with Gasteiger partial charge in [-0.05, 0) is 73.6 Å². The largest absolute Gasteiger partial charge is 0.493 e. The third kappa shape index (κ3) is 5.15. The Balaban J connectivity index is 1.21. The van der Waals surface area contributed by atoms with Crippen LogP contribution in [-0.4, -0.2) is 74.0 Å². The van der Waals surface area contributed by atoms with Crippen molar-refractivity contribution in [3.05, 3.63) is 53.6 Å². The highest BCUT2D eigenvalue weighted by Gasteiger charge is 2.40. The molecule has 5 rings (SSSR count). The first-order valence-electron chi connectivity index (χ1n) is 13.2. The first kappa shape index (κ1) is 25.1. The summed E-state index contributed by atoms with van der Waals surface area (Å²) in [5.41, 5.74) is 2.60. The van der Waals surface area contributed by atoms with Crippen LogP contribution in [0, 0.1) is 5.92 Å². The van der Waals surface area contributed by atoms with E-state index in [1.165, 1.54) is 0 Å². The molecule has 0 bridgehead atoms. The molecule has 0 unspecified atom stereocenters. The van der Waals surface area contributed by atoms with Gasteiger partial charge in [0, 0.05) is 56.3 Å². The fourth-order valence-electron chi connectivity index (χ4n) is 6.00. The molecule has 3 amide bonds. The summed E-state index contributed by atoms with van der Waals surface area (Å²) in [5.74, 6) is 2.03. The van der Waals surface area contributed by atoms with Crippen molar-refractivity contribution >= 4 is 23.4 Å². The minimum Gasteiger partial charge on any atom is -0.493 e. The van der Waals surface area contributed by atoms with Crippen LogP contribution in [0.15, 0.2) is 42.5 Å². The van der Waals surface area contributed by atoms with Crippen molar-refractivity contribution < 1.29 is 23.9 Å². The quantitative estimate of drug-likeness (QED) is 0.575. The maximum atomic E-state index is 13.3. The number of fused-ring (bicyclic) bond motifs is 1. The van der Waals surface area contributed by atoms with E-state index < -0.39 is 0 Å². The van der Waals surface area contributed by atoms with Gasteiger partial charge in [-0.25, -0.2) is 0 Å². The van der Waals surface area contributed by atoms with E-state index in [0.717, 1.165) is 43.5 Å². The standard InChI is InChI=1S/C29H35N3O5/c1-36-25-11-5-20(18-26(25)37-2)13-17-32-24-14-16-30(19-22(24)8-12-28(32)34)29(35)21-6-9-23(10-7-21)31-15-3-4-27(31)33/h5-7,9-11,18,22,24H,3-4,8,12-17,19H2,1-2H3/t22-,24+/m0/s1. The number of hydrogen-bond acceptors (Lipinski definition) is 5. The van der Waals surface area contributed by atoms with Crippen molar-refractivity contribution in [2.75, 3.05) is 45.3 Å². The topological polar surface area (TPSA) is 79.4 Å². The number of anilines is 1. The molecule has 3 aliphatic heterocycles. The molecule has 0 N–H and O–H groups in total. The van der Waals surface area contributed by atoms with E-state index in [4.69, 9.17) is 9.47 Å². The van der Waals surface area contributed by atoms with Gasteiger partial charge in [0.1, 0.15) is 0 Å². The zero-order valence-electron chi connectivity index (χ0n) is 21.7. The Kier molecular flexibility index (Phi) is 7.35. The number of rotatable bonds is 7. The lowest BCUT2D eigenvalue weighted by Crippen LogP contribution is -2.57. The molecule has 0 spiro atoms. The molecule has 196 valence electrons. The van der Waals surface area contributed by atoms with E-state index in [9.17, 15) is 14.4 Å². The van der Waals surface area contributed by atoms with Crippen LogP contribution in [0.5, 0.6) is 11.5 Å². The number of nitrogens with zero attached hydrogens (tertiary/aromatic N) is 3. The molecule has 37 heavy (non-hydrogen) atoms. The van der Waals surface area contributed by atoms with E-state index in [1.807, 2.05) is 52.3 Å². The van der Waals surface area contributed by atoms with Crippen molar-refractivity contribution in [2.24, 2.45) is 5.92 Å². The number of hydrogen-bond donors (Lipinski definition) is 0. The van der Waals surface area contributed by atoms with Gasteiger partial charge in [-0.1, -0.05) is 6.07 Å². The molecular weight excluding hydrogens is 470 g/mol. The monoisotopic (exact) mass is 505 g/mol. The summed E-state index contributed by atoms with van der Waals surface area (Å²) in [6, 6.07) is 13.4. The lowest BCUT2D eigenvalue weighted by atomic mass is 9.83. The van der Waals surface area contributed by atoms with E-state index in [1.54, 1.807) is 19.1 Å². The van der Waals surface area contributed by atoms with Gasteiger partial charge in [-0.15, -0.1) is 0 Å². The van der Waals surface area contributed by atoms with E-state index in [2.05, 4.69) is 0 Å². The predicted octanol–water partition coefficient (Wildman–Crippen LogP) is 3.53. The Hall–Kier alpha value is -3.55. The van der Waals surface area contributed by atoms with Crippen molar-refractivity contribution in [1.82, 2.24) is 9.80 Å². The summed E-state index contributed by atoms with van der Waals surface area (Å²) in [7, 11) is 3.24. The van der Waals surface area contributed by atoms with Gasteiger partial charge in [0.25, 0.3) is 5.91 Å². The van der Waals surface area contributed by atoms with Crippen LogP contribution >= 0.6 is 0 Å². The molecule has 2 aromatic carbocycles. The second kappa shape index (κ2) is 10.8. The molecule has 2 atom stereocenters. The molecule has 0 saturated carbocycles. The van der Waals surface area contributed by atoms with Gasteiger partial charge in [0.15, 0.2) is 11.5 Å². The SMILES string of the molecule is COc1ccc(CCN2C(=O)CC[C@H]3CN(C(=O)c4ccc(N5CCCC5=O)cc4)CC[C@H]32)cc1OC. The highest BCUT2D eigenvalue weighted by Crippen LogP contribution is 2.33. The molecule has 3 aliphatic rings. The normalized spacial score (nSPS) is 21.7. The molecule has 2 aromatic rings. The summed E-state index contributed by atoms with van der Waals surface area (Å²) in [6.07, 6.45) is 4.33. The van der Waals surface area contributed by atoms with Gasteiger partial charge in [0.05, 0.1) is 14.2 Å². The molecule has 0 radical (unpaired) electrons. The maximum absolute atomic E-state index is 13.3. The molecule has 0 aromatic heterocycles. The minimum absolute atomic E-state index is 0.0199.